The lowest BCUT2D eigenvalue weighted by Gasteiger charge is -2.16. The molecule has 2 aromatic carbocycles. The molecule has 0 aliphatic heterocycles. The molecule has 6 heteroatoms. The molecule has 0 saturated carbocycles. The molecular weight excluding hydrogens is 413 g/mol. The molecule has 24 heavy (non-hydrogen) atoms. The van der Waals surface area contributed by atoms with E-state index in [1.165, 1.54) is 0 Å². The third-order valence-corrected chi connectivity index (χ3v) is 4.20. The molecule has 0 radical (unpaired) electrons. The number of nitrogens with one attached hydrogen (secondary N) is 1. The highest BCUT2D eigenvalue weighted by Crippen LogP contribution is 2.37. The van der Waals surface area contributed by atoms with Crippen LogP contribution in [0.25, 0.3) is 0 Å². The predicted octanol–water partition coefficient (Wildman–Crippen LogP) is 6.56. The zero-order valence-corrected chi connectivity index (χ0v) is 16.8. The van der Waals surface area contributed by atoms with Crippen LogP contribution in [0.4, 0.5) is 5.69 Å². The van der Waals surface area contributed by atoms with Gasteiger partial charge in [-0.15, -0.1) is 0 Å². The molecule has 2 rings (SSSR count). The molecule has 1 N–H and O–H groups in total. The maximum Gasteiger partial charge on any atom is 0.175 e. The fourth-order valence-electron chi connectivity index (χ4n) is 2.19. The Bertz CT molecular complexity index is 675. The molecule has 2 aromatic rings. The Labute approximate surface area is 161 Å². The second-order valence-electron chi connectivity index (χ2n) is 5.20. The molecule has 0 aromatic heterocycles. The molecule has 0 saturated heterocycles. The van der Waals surface area contributed by atoms with Crippen molar-refractivity contribution < 1.29 is 9.47 Å². The van der Waals surface area contributed by atoms with Crippen molar-refractivity contribution in [1.29, 1.82) is 0 Å². The minimum absolute atomic E-state index is 0.579. The highest BCUT2D eigenvalue weighted by atomic mass is 79.9. The maximum atomic E-state index is 6.02. The summed E-state index contributed by atoms with van der Waals surface area (Å²) < 4.78 is 12.4. The van der Waals surface area contributed by atoms with Crippen LogP contribution in [0.15, 0.2) is 34.8 Å². The molecule has 130 valence electrons. The van der Waals surface area contributed by atoms with Gasteiger partial charge < -0.3 is 14.8 Å². The lowest BCUT2D eigenvalue weighted by Crippen LogP contribution is -2.04. The van der Waals surface area contributed by atoms with Gasteiger partial charge in [-0.1, -0.05) is 30.1 Å². The second kappa shape index (κ2) is 9.40. The van der Waals surface area contributed by atoms with E-state index < -0.39 is 0 Å². The number of benzene rings is 2. The fourth-order valence-corrected chi connectivity index (χ4v) is 3.32. The molecule has 0 bridgehead atoms. The summed E-state index contributed by atoms with van der Waals surface area (Å²) in [7, 11) is 0. The van der Waals surface area contributed by atoms with Crippen LogP contribution in [0.3, 0.4) is 0 Å². The van der Waals surface area contributed by atoms with E-state index in [0.29, 0.717) is 29.8 Å². The number of ether oxygens (including phenoxy) is 2. The number of hydrogen-bond acceptors (Lipinski definition) is 3. The van der Waals surface area contributed by atoms with Crippen LogP contribution in [0, 0.1) is 0 Å². The van der Waals surface area contributed by atoms with E-state index >= 15 is 0 Å². The van der Waals surface area contributed by atoms with Crippen LogP contribution in [0.5, 0.6) is 11.5 Å². The van der Waals surface area contributed by atoms with Crippen LogP contribution < -0.4 is 14.8 Å². The van der Waals surface area contributed by atoms with Gasteiger partial charge in [-0.3, -0.25) is 0 Å². The third kappa shape index (κ3) is 5.47. The van der Waals surface area contributed by atoms with Crippen LogP contribution in [0.2, 0.25) is 10.0 Å². The first-order valence-corrected chi connectivity index (χ1v) is 9.36. The standard InChI is InChI=1S/C18H20BrCl2NO2/c1-3-5-24-18-16(19)6-12(7-17(18)23-4-2)11-22-15-9-13(20)8-14(21)10-15/h6-10,22H,3-5,11H2,1-2H3. The van der Waals surface area contributed by atoms with Gasteiger partial charge in [0.05, 0.1) is 17.7 Å². The summed E-state index contributed by atoms with van der Waals surface area (Å²) in [6, 6.07) is 9.39. The van der Waals surface area contributed by atoms with Gasteiger partial charge in [-0.25, -0.2) is 0 Å². The van der Waals surface area contributed by atoms with Crippen molar-refractivity contribution in [2.45, 2.75) is 26.8 Å². The van der Waals surface area contributed by atoms with Crippen LogP contribution in [-0.2, 0) is 6.54 Å². The molecule has 0 unspecified atom stereocenters. The van der Waals surface area contributed by atoms with E-state index in [2.05, 4.69) is 28.2 Å². The number of anilines is 1. The highest BCUT2D eigenvalue weighted by molar-refractivity contribution is 9.10. The molecule has 0 fully saturated rings. The van der Waals surface area contributed by atoms with E-state index in [1.807, 2.05) is 31.2 Å². The quantitative estimate of drug-likeness (QED) is 0.512. The summed E-state index contributed by atoms with van der Waals surface area (Å²) in [6.45, 7) is 5.87. The molecule has 3 nitrogen and oxygen atoms in total. The van der Waals surface area contributed by atoms with Gasteiger partial charge in [0.15, 0.2) is 11.5 Å². The Balaban J connectivity index is 2.17. The SMILES string of the molecule is CCCOc1c(Br)cc(CNc2cc(Cl)cc(Cl)c2)cc1OCC. The molecule has 0 amide bonds. The zero-order valence-electron chi connectivity index (χ0n) is 13.7. The lowest BCUT2D eigenvalue weighted by molar-refractivity contribution is 0.275. The van der Waals surface area contributed by atoms with E-state index in [4.69, 9.17) is 32.7 Å². The summed E-state index contributed by atoms with van der Waals surface area (Å²) in [6.07, 6.45) is 0.941. The summed E-state index contributed by atoms with van der Waals surface area (Å²) in [4.78, 5) is 0. The van der Waals surface area contributed by atoms with Crippen LogP contribution >= 0.6 is 39.1 Å². The number of hydrogen-bond donors (Lipinski definition) is 1. The predicted molar refractivity (Wildman–Crippen MR) is 105 cm³/mol. The average Bonchev–Trinajstić information content (AvgIpc) is 2.51. The first-order valence-electron chi connectivity index (χ1n) is 7.81. The Morgan fingerprint density at radius 1 is 1.00 bits per heavy atom. The van der Waals surface area contributed by atoms with Gasteiger partial charge >= 0.3 is 0 Å². The Hall–Kier alpha value is -1.10. The lowest BCUT2D eigenvalue weighted by atomic mass is 10.2. The molecule has 0 aliphatic rings. The molecule has 0 atom stereocenters. The summed E-state index contributed by atoms with van der Waals surface area (Å²) >= 11 is 15.6. The van der Waals surface area contributed by atoms with Crippen LogP contribution in [0.1, 0.15) is 25.8 Å². The summed E-state index contributed by atoms with van der Waals surface area (Å²) in [5.41, 5.74) is 1.93. The molecule has 0 heterocycles. The maximum absolute atomic E-state index is 6.02. The van der Waals surface area contributed by atoms with Gasteiger partial charge in [0.1, 0.15) is 0 Å². The van der Waals surface area contributed by atoms with Crippen molar-refractivity contribution in [3.8, 4) is 11.5 Å². The van der Waals surface area contributed by atoms with Gasteiger partial charge in [-0.2, -0.15) is 0 Å². The van der Waals surface area contributed by atoms with Crippen molar-refractivity contribution in [2.24, 2.45) is 0 Å². The molecule has 0 aliphatic carbocycles. The first kappa shape index (κ1) is 19.2. The van der Waals surface area contributed by atoms with Gasteiger partial charge in [-0.05, 0) is 65.2 Å². The highest BCUT2D eigenvalue weighted by Gasteiger charge is 2.12. The van der Waals surface area contributed by atoms with E-state index in [1.54, 1.807) is 6.07 Å². The first-order chi connectivity index (χ1) is 11.5. The van der Waals surface area contributed by atoms with E-state index in [9.17, 15) is 0 Å². The second-order valence-corrected chi connectivity index (χ2v) is 6.93. The monoisotopic (exact) mass is 431 g/mol. The van der Waals surface area contributed by atoms with Gasteiger partial charge in [0.25, 0.3) is 0 Å². The third-order valence-electron chi connectivity index (χ3n) is 3.18. The number of rotatable bonds is 8. The van der Waals surface area contributed by atoms with E-state index in [0.717, 1.165) is 33.6 Å². The van der Waals surface area contributed by atoms with Crippen molar-refractivity contribution >= 4 is 44.8 Å². The number of halogens is 3. The summed E-state index contributed by atoms with van der Waals surface area (Å²) in [5, 5.41) is 4.52. The Morgan fingerprint density at radius 3 is 2.33 bits per heavy atom. The topological polar surface area (TPSA) is 30.5 Å². The fraction of sp³-hybridized carbons (Fsp3) is 0.333. The van der Waals surface area contributed by atoms with Gasteiger partial charge in [0, 0.05) is 22.3 Å². The minimum Gasteiger partial charge on any atom is -0.490 e. The van der Waals surface area contributed by atoms with Crippen molar-refractivity contribution in [2.75, 3.05) is 18.5 Å². The summed E-state index contributed by atoms with van der Waals surface area (Å²) in [5.74, 6) is 1.48. The zero-order chi connectivity index (χ0) is 17.5. The Morgan fingerprint density at radius 2 is 1.71 bits per heavy atom. The average molecular weight is 433 g/mol. The van der Waals surface area contributed by atoms with Crippen molar-refractivity contribution in [3.63, 3.8) is 0 Å². The molecule has 0 spiro atoms. The Kier molecular flexibility index (Phi) is 7.53. The normalized spacial score (nSPS) is 10.5. The van der Waals surface area contributed by atoms with Gasteiger partial charge in [0.2, 0.25) is 0 Å². The van der Waals surface area contributed by atoms with E-state index in [-0.39, 0.29) is 0 Å². The smallest absolute Gasteiger partial charge is 0.175 e. The van der Waals surface area contributed by atoms with Crippen molar-refractivity contribution in [3.05, 3.63) is 50.4 Å². The van der Waals surface area contributed by atoms with Crippen LogP contribution in [-0.4, -0.2) is 13.2 Å². The minimum atomic E-state index is 0.579. The van der Waals surface area contributed by atoms with Crippen molar-refractivity contribution in [1.82, 2.24) is 0 Å². The largest absolute Gasteiger partial charge is 0.490 e. The molecular formula is C18H20BrCl2NO2.